The molecule has 0 bridgehead atoms. The quantitative estimate of drug-likeness (QED) is 0.940. The molecule has 2 aliphatic rings. The number of nitrogens with one attached hydrogen (secondary N) is 1. The third-order valence-corrected chi connectivity index (χ3v) is 5.35. The molecule has 0 saturated carbocycles. The lowest BCUT2D eigenvalue weighted by Crippen LogP contribution is -2.49. The molecule has 4 rings (SSSR count). The van der Waals surface area contributed by atoms with Crippen LogP contribution in [-0.4, -0.2) is 45.8 Å². The summed E-state index contributed by atoms with van der Waals surface area (Å²) in [4.78, 5) is 15.1. The van der Waals surface area contributed by atoms with Crippen molar-refractivity contribution in [3.05, 3.63) is 54.4 Å². The summed E-state index contributed by atoms with van der Waals surface area (Å²) < 4.78 is 1.72. The van der Waals surface area contributed by atoms with Gasteiger partial charge >= 0.3 is 0 Å². The van der Waals surface area contributed by atoms with E-state index in [4.69, 9.17) is 0 Å². The Bertz CT molecular complexity index is 670. The van der Waals surface area contributed by atoms with Gasteiger partial charge in [0.25, 0.3) is 0 Å². The molecule has 126 valence electrons. The maximum Gasteiger partial charge on any atom is 0.244 e. The Kier molecular flexibility index (Phi) is 4.34. The van der Waals surface area contributed by atoms with Crippen molar-refractivity contribution in [2.24, 2.45) is 0 Å². The van der Waals surface area contributed by atoms with Gasteiger partial charge < -0.3 is 10.2 Å². The highest BCUT2D eigenvalue weighted by Gasteiger charge is 2.42. The van der Waals surface area contributed by atoms with E-state index >= 15 is 0 Å². The number of nitrogens with zero attached hydrogens (tertiary/aromatic N) is 3. The van der Waals surface area contributed by atoms with Crippen LogP contribution < -0.4 is 5.32 Å². The van der Waals surface area contributed by atoms with Crippen molar-refractivity contribution in [2.75, 3.05) is 13.1 Å². The van der Waals surface area contributed by atoms with Gasteiger partial charge in [0.15, 0.2) is 0 Å². The molecule has 1 amide bonds. The second kappa shape index (κ2) is 6.77. The maximum atomic E-state index is 13.0. The Labute approximate surface area is 142 Å². The number of amides is 1. The first kappa shape index (κ1) is 15.4. The van der Waals surface area contributed by atoms with Gasteiger partial charge in [-0.05, 0) is 24.5 Å². The zero-order valence-corrected chi connectivity index (χ0v) is 13.8. The van der Waals surface area contributed by atoms with E-state index in [2.05, 4.69) is 45.6 Å². The zero-order valence-electron chi connectivity index (χ0n) is 13.8. The number of rotatable bonds is 3. The number of benzene rings is 1. The SMILES string of the molecule is O=C(Cn1cccn1)N1CCCC[C@@H]2NC[C@@H](c3ccccc3)[C@@H]21. The van der Waals surface area contributed by atoms with E-state index in [0.717, 1.165) is 25.9 Å². The monoisotopic (exact) mass is 324 g/mol. The van der Waals surface area contributed by atoms with E-state index < -0.39 is 0 Å². The van der Waals surface area contributed by atoms with E-state index in [1.807, 2.05) is 12.3 Å². The molecular formula is C19H24N4O. The predicted molar refractivity (Wildman–Crippen MR) is 92.6 cm³/mol. The van der Waals surface area contributed by atoms with Gasteiger partial charge in [0.05, 0.1) is 6.04 Å². The van der Waals surface area contributed by atoms with E-state index in [0.29, 0.717) is 18.5 Å². The second-order valence-corrected chi connectivity index (χ2v) is 6.81. The molecule has 5 heteroatoms. The van der Waals surface area contributed by atoms with Gasteiger partial charge in [0.1, 0.15) is 6.54 Å². The van der Waals surface area contributed by atoms with Crippen LogP contribution in [0.2, 0.25) is 0 Å². The number of likely N-dealkylation sites (tertiary alicyclic amines) is 1. The molecule has 2 fully saturated rings. The summed E-state index contributed by atoms with van der Waals surface area (Å²) in [5, 5.41) is 7.87. The van der Waals surface area contributed by atoms with Crippen molar-refractivity contribution in [1.29, 1.82) is 0 Å². The molecule has 0 radical (unpaired) electrons. The van der Waals surface area contributed by atoms with Crippen LogP contribution in [0.4, 0.5) is 0 Å². The predicted octanol–water partition coefficient (Wildman–Crippen LogP) is 2.02. The fourth-order valence-electron chi connectivity index (χ4n) is 4.23. The molecule has 2 aromatic rings. The average Bonchev–Trinajstić information content (AvgIpc) is 3.21. The van der Waals surface area contributed by atoms with Crippen LogP contribution in [0.1, 0.15) is 30.7 Å². The number of hydrogen-bond acceptors (Lipinski definition) is 3. The Balaban J connectivity index is 1.60. The molecule has 2 aliphatic heterocycles. The van der Waals surface area contributed by atoms with E-state index in [1.54, 1.807) is 10.9 Å². The summed E-state index contributed by atoms with van der Waals surface area (Å²) in [5.74, 6) is 0.552. The van der Waals surface area contributed by atoms with Crippen molar-refractivity contribution in [2.45, 2.75) is 43.8 Å². The third-order valence-electron chi connectivity index (χ3n) is 5.35. The molecule has 1 N–H and O–H groups in total. The molecule has 0 aliphatic carbocycles. The van der Waals surface area contributed by atoms with Crippen molar-refractivity contribution in [1.82, 2.24) is 20.0 Å². The minimum Gasteiger partial charge on any atom is -0.336 e. The lowest BCUT2D eigenvalue weighted by atomic mass is 9.89. The van der Waals surface area contributed by atoms with Crippen molar-refractivity contribution >= 4 is 5.91 Å². The number of hydrogen-bond donors (Lipinski definition) is 1. The summed E-state index contributed by atoms with van der Waals surface area (Å²) in [6.45, 7) is 2.13. The molecule has 24 heavy (non-hydrogen) atoms. The van der Waals surface area contributed by atoms with Gasteiger partial charge in [-0.3, -0.25) is 9.48 Å². The fourth-order valence-corrected chi connectivity index (χ4v) is 4.23. The molecule has 3 atom stereocenters. The first-order chi connectivity index (χ1) is 11.8. The molecular weight excluding hydrogens is 300 g/mol. The van der Waals surface area contributed by atoms with Gasteiger partial charge in [0.2, 0.25) is 5.91 Å². The van der Waals surface area contributed by atoms with Crippen molar-refractivity contribution < 1.29 is 4.79 Å². The van der Waals surface area contributed by atoms with Crippen LogP contribution in [0, 0.1) is 0 Å². The first-order valence-electron chi connectivity index (χ1n) is 8.88. The Hall–Kier alpha value is -2.14. The first-order valence-corrected chi connectivity index (χ1v) is 8.88. The van der Waals surface area contributed by atoms with Gasteiger partial charge in [-0.2, -0.15) is 5.10 Å². The van der Waals surface area contributed by atoms with E-state index in [-0.39, 0.29) is 11.9 Å². The van der Waals surface area contributed by atoms with E-state index in [9.17, 15) is 4.79 Å². The lowest BCUT2D eigenvalue weighted by Gasteiger charge is -2.34. The van der Waals surface area contributed by atoms with Crippen LogP contribution in [-0.2, 0) is 11.3 Å². The summed E-state index contributed by atoms with van der Waals surface area (Å²) >= 11 is 0. The average molecular weight is 324 g/mol. The topological polar surface area (TPSA) is 50.2 Å². The zero-order chi connectivity index (χ0) is 16.4. The van der Waals surface area contributed by atoms with Crippen molar-refractivity contribution in [3.8, 4) is 0 Å². The molecule has 5 nitrogen and oxygen atoms in total. The molecule has 3 heterocycles. The van der Waals surface area contributed by atoms with Gasteiger partial charge in [0, 0.05) is 37.4 Å². The standard InChI is InChI=1S/C19H24N4O/c24-18(14-22-11-6-10-21-22)23-12-5-4-9-17-19(23)16(13-20-17)15-7-2-1-3-8-15/h1-3,6-8,10-11,16-17,19-20H,4-5,9,12-14H2/t16-,17-,19-/m0/s1. The number of fused-ring (bicyclic) bond motifs is 1. The molecule has 0 unspecified atom stereocenters. The van der Waals surface area contributed by atoms with E-state index in [1.165, 1.54) is 12.0 Å². The molecule has 0 spiro atoms. The van der Waals surface area contributed by atoms with Crippen LogP contribution in [0.5, 0.6) is 0 Å². The molecule has 1 aromatic heterocycles. The summed E-state index contributed by atoms with van der Waals surface area (Å²) in [6.07, 6.45) is 7.00. The normalized spacial score (nSPS) is 26.8. The summed E-state index contributed by atoms with van der Waals surface area (Å²) in [5.41, 5.74) is 1.33. The molecule has 1 aromatic carbocycles. The fraction of sp³-hybridized carbons (Fsp3) is 0.474. The number of carbonyl (C=O) groups is 1. The highest BCUT2D eigenvalue weighted by molar-refractivity contribution is 5.76. The van der Waals surface area contributed by atoms with Gasteiger partial charge in [-0.25, -0.2) is 0 Å². The number of aromatic nitrogens is 2. The second-order valence-electron chi connectivity index (χ2n) is 6.81. The lowest BCUT2D eigenvalue weighted by molar-refractivity contribution is -0.134. The van der Waals surface area contributed by atoms with Crippen LogP contribution in [0.25, 0.3) is 0 Å². The van der Waals surface area contributed by atoms with Gasteiger partial charge in [-0.15, -0.1) is 0 Å². The van der Waals surface area contributed by atoms with Crippen molar-refractivity contribution in [3.63, 3.8) is 0 Å². The summed E-state index contributed by atoms with van der Waals surface area (Å²) in [7, 11) is 0. The van der Waals surface area contributed by atoms with Crippen LogP contribution >= 0.6 is 0 Å². The Morgan fingerprint density at radius 1 is 1.21 bits per heavy atom. The van der Waals surface area contributed by atoms with Crippen LogP contribution in [0.15, 0.2) is 48.8 Å². The minimum absolute atomic E-state index is 0.181. The summed E-state index contributed by atoms with van der Waals surface area (Å²) in [6, 6.07) is 13.1. The van der Waals surface area contributed by atoms with Gasteiger partial charge in [-0.1, -0.05) is 36.8 Å². The largest absolute Gasteiger partial charge is 0.336 e. The smallest absolute Gasteiger partial charge is 0.244 e. The van der Waals surface area contributed by atoms with Crippen LogP contribution in [0.3, 0.4) is 0 Å². The third kappa shape index (κ3) is 2.96. The molecule has 2 saturated heterocycles. The Morgan fingerprint density at radius 2 is 2.08 bits per heavy atom. The Morgan fingerprint density at radius 3 is 2.88 bits per heavy atom. The maximum absolute atomic E-state index is 13.0. The number of carbonyl (C=O) groups excluding carboxylic acids is 1. The highest BCUT2D eigenvalue weighted by Crippen LogP contribution is 2.34. The highest BCUT2D eigenvalue weighted by atomic mass is 16.2. The minimum atomic E-state index is 0.181.